The summed E-state index contributed by atoms with van der Waals surface area (Å²) >= 11 is 5.82. The van der Waals surface area contributed by atoms with Crippen LogP contribution in [-0.2, 0) is 16.1 Å². The smallest absolute Gasteiger partial charge is 0.341 e. The quantitative estimate of drug-likeness (QED) is 0.421. The molecule has 8 nitrogen and oxygen atoms in total. The summed E-state index contributed by atoms with van der Waals surface area (Å²) in [7, 11) is 0. The molecule has 1 aliphatic rings. The van der Waals surface area contributed by atoms with Crippen molar-refractivity contribution in [3.8, 4) is 0 Å². The first kappa shape index (κ1) is 20.6. The number of esters is 1. The van der Waals surface area contributed by atoms with Gasteiger partial charge < -0.3 is 15.0 Å². The van der Waals surface area contributed by atoms with Crippen LogP contribution in [0, 0.1) is 10.1 Å². The minimum Gasteiger partial charge on any atom is -0.452 e. The topological polar surface area (TPSA) is 102 Å². The number of nitrogens with zero attached hydrogens (tertiary/aromatic N) is 2. The van der Waals surface area contributed by atoms with Crippen LogP contribution < -0.4 is 10.2 Å². The lowest BCUT2D eigenvalue weighted by Crippen LogP contribution is -2.29. The van der Waals surface area contributed by atoms with E-state index in [1.165, 1.54) is 12.1 Å². The third kappa shape index (κ3) is 5.45. The Hall–Kier alpha value is -3.13. The molecule has 152 valence electrons. The first-order valence-corrected chi connectivity index (χ1v) is 9.53. The second kappa shape index (κ2) is 9.38. The standard InChI is InChI=1S/C20H20ClN3O5/c21-15-5-3-14(4-6-15)12-22-19(25)13-29-20(26)17-11-16(24(27)28)7-8-18(17)23-9-1-2-10-23/h3-8,11H,1-2,9-10,12-13H2,(H,22,25). The lowest BCUT2D eigenvalue weighted by molar-refractivity contribution is -0.384. The SMILES string of the molecule is O=C(COC(=O)c1cc([N+](=O)[O-])ccc1N1CCCC1)NCc1ccc(Cl)cc1. The van der Waals surface area contributed by atoms with E-state index < -0.39 is 23.4 Å². The number of anilines is 1. The van der Waals surface area contributed by atoms with Crippen molar-refractivity contribution in [1.82, 2.24) is 5.32 Å². The molecule has 0 radical (unpaired) electrons. The molecule has 1 aliphatic heterocycles. The van der Waals surface area contributed by atoms with Crippen LogP contribution in [0.25, 0.3) is 0 Å². The molecule has 0 atom stereocenters. The molecule has 3 rings (SSSR count). The van der Waals surface area contributed by atoms with Gasteiger partial charge in [0, 0.05) is 36.8 Å². The number of rotatable bonds is 7. The number of hydrogen-bond acceptors (Lipinski definition) is 6. The minimum absolute atomic E-state index is 0.0894. The summed E-state index contributed by atoms with van der Waals surface area (Å²) in [6, 6.07) is 11.1. The van der Waals surface area contributed by atoms with Crippen molar-refractivity contribution < 1.29 is 19.2 Å². The zero-order valence-corrected chi connectivity index (χ0v) is 16.4. The highest BCUT2D eigenvalue weighted by Gasteiger charge is 2.24. The number of carbonyl (C=O) groups is 2. The largest absolute Gasteiger partial charge is 0.452 e. The van der Waals surface area contributed by atoms with Crippen LogP contribution in [0.2, 0.25) is 5.02 Å². The summed E-state index contributed by atoms with van der Waals surface area (Å²) in [6.45, 7) is 1.32. The number of amides is 1. The van der Waals surface area contributed by atoms with E-state index in [4.69, 9.17) is 16.3 Å². The van der Waals surface area contributed by atoms with Gasteiger partial charge in [0.2, 0.25) is 0 Å². The van der Waals surface area contributed by atoms with E-state index in [0.717, 1.165) is 31.5 Å². The average Bonchev–Trinajstić information content (AvgIpc) is 3.25. The van der Waals surface area contributed by atoms with Crippen LogP contribution in [0.4, 0.5) is 11.4 Å². The van der Waals surface area contributed by atoms with Crippen molar-refractivity contribution in [2.45, 2.75) is 19.4 Å². The zero-order valence-electron chi connectivity index (χ0n) is 15.6. The van der Waals surface area contributed by atoms with E-state index in [2.05, 4.69) is 5.32 Å². The first-order valence-electron chi connectivity index (χ1n) is 9.15. The van der Waals surface area contributed by atoms with E-state index in [0.29, 0.717) is 10.7 Å². The van der Waals surface area contributed by atoms with Crippen LogP contribution in [-0.4, -0.2) is 36.5 Å². The number of carbonyl (C=O) groups excluding carboxylic acids is 2. The van der Waals surface area contributed by atoms with Gasteiger partial charge in [0.25, 0.3) is 11.6 Å². The molecule has 1 heterocycles. The Morgan fingerprint density at radius 3 is 2.48 bits per heavy atom. The number of hydrogen-bond donors (Lipinski definition) is 1. The highest BCUT2D eigenvalue weighted by molar-refractivity contribution is 6.30. The normalized spacial score (nSPS) is 13.2. The maximum absolute atomic E-state index is 12.5. The van der Waals surface area contributed by atoms with Crippen molar-refractivity contribution in [2.75, 3.05) is 24.6 Å². The Labute approximate surface area is 172 Å². The number of nitro benzene ring substituents is 1. The van der Waals surface area contributed by atoms with Gasteiger partial charge in [-0.3, -0.25) is 14.9 Å². The molecule has 0 saturated carbocycles. The fourth-order valence-corrected chi connectivity index (χ4v) is 3.22. The van der Waals surface area contributed by atoms with Crippen LogP contribution in [0.3, 0.4) is 0 Å². The van der Waals surface area contributed by atoms with Crippen LogP contribution >= 0.6 is 11.6 Å². The third-order valence-corrected chi connectivity index (χ3v) is 4.85. The fraction of sp³-hybridized carbons (Fsp3) is 0.300. The van der Waals surface area contributed by atoms with Crippen LogP contribution in [0.5, 0.6) is 0 Å². The molecule has 1 saturated heterocycles. The molecule has 2 aromatic carbocycles. The highest BCUT2D eigenvalue weighted by atomic mass is 35.5. The van der Waals surface area contributed by atoms with E-state index in [-0.39, 0.29) is 17.8 Å². The van der Waals surface area contributed by atoms with E-state index in [9.17, 15) is 19.7 Å². The van der Waals surface area contributed by atoms with Crippen molar-refractivity contribution in [3.05, 3.63) is 68.7 Å². The Morgan fingerprint density at radius 1 is 1.14 bits per heavy atom. The lowest BCUT2D eigenvalue weighted by Gasteiger charge is -2.20. The van der Waals surface area contributed by atoms with Crippen molar-refractivity contribution >= 4 is 34.9 Å². The molecule has 0 aromatic heterocycles. The average molecular weight is 418 g/mol. The molecular formula is C20H20ClN3O5. The summed E-state index contributed by atoms with van der Waals surface area (Å²) in [5.41, 5.74) is 1.32. The molecule has 1 fully saturated rings. The Morgan fingerprint density at radius 2 is 1.83 bits per heavy atom. The van der Waals surface area contributed by atoms with Crippen molar-refractivity contribution in [3.63, 3.8) is 0 Å². The van der Waals surface area contributed by atoms with Gasteiger partial charge in [0.05, 0.1) is 16.2 Å². The second-order valence-electron chi connectivity index (χ2n) is 6.63. The number of ether oxygens (including phenoxy) is 1. The van der Waals surface area contributed by atoms with Gasteiger partial charge in [0.1, 0.15) is 0 Å². The Balaban J connectivity index is 1.62. The van der Waals surface area contributed by atoms with E-state index >= 15 is 0 Å². The molecule has 9 heteroatoms. The molecule has 1 amide bonds. The maximum atomic E-state index is 12.5. The van der Waals surface area contributed by atoms with Gasteiger partial charge in [-0.05, 0) is 36.6 Å². The van der Waals surface area contributed by atoms with Gasteiger partial charge >= 0.3 is 5.97 Å². The minimum atomic E-state index is -0.766. The predicted molar refractivity (Wildman–Crippen MR) is 108 cm³/mol. The van der Waals surface area contributed by atoms with Crippen LogP contribution in [0.1, 0.15) is 28.8 Å². The van der Waals surface area contributed by atoms with E-state index in [1.54, 1.807) is 30.3 Å². The number of benzene rings is 2. The second-order valence-corrected chi connectivity index (χ2v) is 7.07. The number of nitrogens with one attached hydrogen (secondary N) is 1. The van der Waals surface area contributed by atoms with Crippen LogP contribution in [0.15, 0.2) is 42.5 Å². The summed E-state index contributed by atoms with van der Waals surface area (Å²) in [5, 5.41) is 14.3. The summed E-state index contributed by atoms with van der Waals surface area (Å²) in [6.07, 6.45) is 1.97. The monoisotopic (exact) mass is 417 g/mol. The molecule has 2 aromatic rings. The predicted octanol–water partition coefficient (Wildman–Crippen LogP) is 3.32. The zero-order chi connectivity index (χ0) is 20.8. The number of non-ortho nitro benzene ring substituents is 1. The highest BCUT2D eigenvalue weighted by Crippen LogP contribution is 2.29. The van der Waals surface area contributed by atoms with Gasteiger partial charge in [0.15, 0.2) is 6.61 Å². The summed E-state index contributed by atoms with van der Waals surface area (Å²) in [5.74, 6) is -1.24. The van der Waals surface area contributed by atoms with Gasteiger partial charge in [-0.25, -0.2) is 4.79 Å². The summed E-state index contributed by atoms with van der Waals surface area (Å²) < 4.78 is 5.11. The molecule has 1 N–H and O–H groups in total. The van der Waals surface area contributed by atoms with Crippen molar-refractivity contribution in [1.29, 1.82) is 0 Å². The summed E-state index contributed by atoms with van der Waals surface area (Å²) in [4.78, 5) is 37.1. The van der Waals surface area contributed by atoms with Crippen molar-refractivity contribution in [2.24, 2.45) is 0 Å². The Kier molecular flexibility index (Phi) is 6.66. The lowest BCUT2D eigenvalue weighted by atomic mass is 10.1. The maximum Gasteiger partial charge on any atom is 0.341 e. The molecule has 0 spiro atoms. The Bertz CT molecular complexity index is 911. The fourth-order valence-electron chi connectivity index (χ4n) is 3.10. The molecule has 29 heavy (non-hydrogen) atoms. The molecular weight excluding hydrogens is 398 g/mol. The number of halogens is 1. The molecule has 0 unspecified atom stereocenters. The first-order chi connectivity index (χ1) is 13.9. The van der Waals surface area contributed by atoms with E-state index in [1.807, 2.05) is 4.90 Å². The number of nitro groups is 1. The molecule has 0 bridgehead atoms. The van der Waals surface area contributed by atoms with Gasteiger partial charge in [-0.15, -0.1) is 0 Å². The van der Waals surface area contributed by atoms with Gasteiger partial charge in [-0.2, -0.15) is 0 Å². The van der Waals surface area contributed by atoms with Gasteiger partial charge in [-0.1, -0.05) is 23.7 Å². The third-order valence-electron chi connectivity index (χ3n) is 4.59. The molecule has 0 aliphatic carbocycles.